The van der Waals surface area contributed by atoms with Gasteiger partial charge in [0.15, 0.2) is 0 Å². The zero-order valence-electron chi connectivity index (χ0n) is 15.1. The summed E-state index contributed by atoms with van der Waals surface area (Å²) in [4.78, 5) is 21.8. The van der Waals surface area contributed by atoms with Gasteiger partial charge in [-0.3, -0.25) is 0 Å². The van der Waals surface area contributed by atoms with E-state index in [-0.39, 0.29) is 12.1 Å². The van der Waals surface area contributed by atoms with Crippen LogP contribution >= 0.6 is 0 Å². The van der Waals surface area contributed by atoms with E-state index in [1.807, 2.05) is 25.1 Å². The van der Waals surface area contributed by atoms with Gasteiger partial charge < -0.3 is 19.9 Å². The Morgan fingerprint density at radius 1 is 1.36 bits per heavy atom. The lowest BCUT2D eigenvalue weighted by Crippen LogP contribution is -2.46. The van der Waals surface area contributed by atoms with Crippen molar-refractivity contribution in [3.8, 4) is 0 Å². The molecule has 0 bridgehead atoms. The van der Waals surface area contributed by atoms with Crippen LogP contribution in [-0.4, -0.2) is 46.7 Å². The quantitative estimate of drug-likeness (QED) is 0.840. The van der Waals surface area contributed by atoms with Gasteiger partial charge in [-0.25, -0.2) is 9.78 Å². The molecule has 1 fully saturated rings. The first kappa shape index (κ1) is 17.7. The fraction of sp³-hybridized carbons (Fsp3) is 0.579. The minimum atomic E-state index is -0.191. The van der Waals surface area contributed by atoms with E-state index in [0.29, 0.717) is 12.6 Å². The van der Waals surface area contributed by atoms with E-state index in [4.69, 9.17) is 9.72 Å². The number of imidazole rings is 1. The Morgan fingerprint density at radius 3 is 2.80 bits per heavy atom. The van der Waals surface area contributed by atoms with Crippen LogP contribution in [0.25, 0.3) is 11.0 Å². The van der Waals surface area contributed by atoms with Crippen LogP contribution in [0, 0.1) is 0 Å². The number of amides is 1. The van der Waals surface area contributed by atoms with E-state index in [1.54, 1.807) is 4.90 Å². The topological polar surface area (TPSA) is 70.2 Å². The van der Waals surface area contributed by atoms with Gasteiger partial charge in [-0.2, -0.15) is 0 Å². The summed E-state index contributed by atoms with van der Waals surface area (Å²) >= 11 is 0. The lowest BCUT2D eigenvalue weighted by atomic mass is 10.0. The van der Waals surface area contributed by atoms with Gasteiger partial charge in [0.1, 0.15) is 5.82 Å². The van der Waals surface area contributed by atoms with Crippen LogP contribution in [0.3, 0.4) is 0 Å². The van der Waals surface area contributed by atoms with Gasteiger partial charge in [0, 0.05) is 19.1 Å². The molecule has 0 radical (unpaired) electrons. The Bertz CT molecular complexity index is 659. The first-order chi connectivity index (χ1) is 12.2. The fourth-order valence-corrected chi connectivity index (χ4v) is 3.45. The van der Waals surface area contributed by atoms with Crippen molar-refractivity contribution in [2.45, 2.75) is 51.6 Å². The number of carbonyl (C=O) groups is 1. The highest BCUT2D eigenvalue weighted by atomic mass is 16.6. The summed E-state index contributed by atoms with van der Waals surface area (Å²) in [7, 11) is 0. The van der Waals surface area contributed by atoms with E-state index in [0.717, 1.165) is 55.6 Å². The summed E-state index contributed by atoms with van der Waals surface area (Å²) in [6.07, 6.45) is 3.83. The molecule has 6 heteroatoms. The highest BCUT2D eigenvalue weighted by Crippen LogP contribution is 2.22. The number of benzene rings is 1. The molecular formula is C19H28N4O2. The summed E-state index contributed by atoms with van der Waals surface area (Å²) in [5, 5.41) is 3.75. The normalized spacial score (nSPS) is 17.0. The molecule has 6 nitrogen and oxygen atoms in total. The number of para-hydroxylation sites is 2. The molecule has 136 valence electrons. The van der Waals surface area contributed by atoms with Crippen molar-refractivity contribution < 1.29 is 9.53 Å². The van der Waals surface area contributed by atoms with Crippen LogP contribution in [0.4, 0.5) is 4.79 Å². The maximum Gasteiger partial charge on any atom is 0.409 e. The third-order valence-electron chi connectivity index (χ3n) is 4.77. The van der Waals surface area contributed by atoms with Gasteiger partial charge in [0.2, 0.25) is 0 Å². The standard InChI is InChI=1S/C19H28N4O2/c1-3-7-17(18-21-15-8-5-6-9-16(15)22-18)20-14-10-12-23(13-11-14)19(24)25-4-2/h5-6,8-9,14,17,20H,3-4,7,10-13H2,1-2H3,(H,21,22). The van der Waals surface area contributed by atoms with Crippen molar-refractivity contribution >= 4 is 17.1 Å². The number of H-pyrrole nitrogens is 1. The number of nitrogens with zero attached hydrogens (tertiary/aromatic N) is 2. The number of aromatic nitrogens is 2. The summed E-state index contributed by atoms with van der Waals surface area (Å²) < 4.78 is 5.09. The molecular weight excluding hydrogens is 316 g/mol. The van der Waals surface area contributed by atoms with E-state index >= 15 is 0 Å². The molecule has 2 N–H and O–H groups in total. The molecule has 3 rings (SSSR count). The van der Waals surface area contributed by atoms with Crippen LogP contribution in [0.1, 0.15) is 51.4 Å². The summed E-state index contributed by atoms with van der Waals surface area (Å²) in [6, 6.07) is 8.76. The molecule has 2 heterocycles. The van der Waals surface area contributed by atoms with Crippen molar-refractivity contribution in [1.29, 1.82) is 0 Å². The third kappa shape index (κ3) is 4.31. The molecule has 0 saturated carbocycles. The number of piperidine rings is 1. The second kappa shape index (κ2) is 8.34. The zero-order chi connectivity index (χ0) is 17.6. The number of rotatable bonds is 6. The highest BCUT2D eigenvalue weighted by molar-refractivity contribution is 5.74. The number of hydrogen-bond acceptors (Lipinski definition) is 4. The summed E-state index contributed by atoms with van der Waals surface area (Å²) in [5.74, 6) is 1.01. The van der Waals surface area contributed by atoms with E-state index in [9.17, 15) is 4.79 Å². The lowest BCUT2D eigenvalue weighted by molar-refractivity contribution is 0.0939. The summed E-state index contributed by atoms with van der Waals surface area (Å²) in [6.45, 7) is 5.96. The number of aromatic amines is 1. The van der Waals surface area contributed by atoms with Crippen molar-refractivity contribution in [2.75, 3.05) is 19.7 Å². The SMILES string of the molecule is CCCC(NC1CCN(C(=O)OCC)CC1)c1nc2ccccc2[nH]1. The van der Waals surface area contributed by atoms with Crippen LogP contribution in [0.15, 0.2) is 24.3 Å². The number of hydrogen-bond donors (Lipinski definition) is 2. The maximum absolute atomic E-state index is 11.8. The minimum Gasteiger partial charge on any atom is -0.450 e. The van der Waals surface area contributed by atoms with E-state index in [1.165, 1.54) is 0 Å². The molecule has 25 heavy (non-hydrogen) atoms. The minimum absolute atomic E-state index is 0.191. The number of fused-ring (bicyclic) bond motifs is 1. The Kier molecular flexibility index (Phi) is 5.91. The number of ether oxygens (including phenoxy) is 1. The first-order valence-electron chi connectivity index (χ1n) is 9.33. The number of likely N-dealkylation sites (tertiary alicyclic amines) is 1. The zero-order valence-corrected chi connectivity index (χ0v) is 15.1. The Labute approximate surface area is 149 Å². The maximum atomic E-state index is 11.8. The van der Waals surface area contributed by atoms with Gasteiger partial charge in [-0.05, 0) is 38.3 Å². The van der Waals surface area contributed by atoms with Crippen LogP contribution in [-0.2, 0) is 4.74 Å². The molecule has 2 aromatic rings. The Hall–Kier alpha value is -2.08. The molecule has 1 atom stereocenters. The van der Waals surface area contributed by atoms with E-state index < -0.39 is 0 Å². The Balaban J connectivity index is 1.62. The molecule has 0 aliphatic carbocycles. The highest BCUT2D eigenvalue weighted by Gasteiger charge is 2.26. The predicted molar refractivity (Wildman–Crippen MR) is 98.5 cm³/mol. The van der Waals surface area contributed by atoms with Crippen LogP contribution in [0.2, 0.25) is 0 Å². The third-order valence-corrected chi connectivity index (χ3v) is 4.77. The van der Waals surface area contributed by atoms with Crippen molar-refractivity contribution in [2.24, 2.45) is 0 Å². The van der Waals surface area contributed by atoms with Crippen molar-refractivity contribution in [3.63, 3.8) is 0 Å². The second-order valence-corrected chi connectivity index (χ2v) is 6.61. The molecule has 1 saturated heterocycles. The van der Waals surface area contributed by atoms with Crippen LogP contribution in [0.5, 0.6) is 0 Å². The van der Waals surface area contributed by atoms with Gasteiger partial charge in [0.05, 0.1) is 23.7 Å². The summed E-state index contributed by atoms with van der Waals surface area (Å²) in [5.41, 5.74) is 2.09. The van der Waals surface area contributed by atoms with Crippen LogP contribution < -0.4 is 5.32 Å². The first-order valence-corrected chi connectivity index (χ1v) is 9.33. The molecule has 0 spiro atoms. The molecule has 1 aromatic heterocycles. The van der Waals surface area contributed by atoms with Gasteiger partial charge in [-0.15, -0.1) is 0 Å². The molecule has 1 aromatic carbocycles. The fourth-order valence-electron chi connectivity index (χ4n) is 3.45. The Morgan fingerprint density at radius 2 is 2.12 bits per heavy atom. The molecule has 1 amide bonds. The van der Waals surface area contributed by atoms with Crippen molar-refractivity contribution in [1.82, 2.24) is 20.2 Å². The predicted octanol–water partition coefficient (Wildman–Crippen LogP) is 3.61. The lowest BCUT2D eigenvalue weighted by Gasteiger charge is -2.33. The van der Waals surface area contributed by atoms with Gasteiger partial charge in [0.25, 0.3) is 0 Å². The molecule has 1 unspecified atom stereocenters. The largest absolute Gasteiger partial charge is 0.450 e. The average molecular weight is 344 g/mol. The van der Waals surface area contributed by atoms with Crippen molar-refractivity contribution in [3.05, 3.63) is 30.1 Å². The second-order valence-electron chi connectivity index (χ2n) is 6.61. The molecule has 1 aliphatic rings. The molecule has 1 aliphatic heterocycles. The van der Waals surface area contributed by atoms with Gasteiger partial charge in [-0.1, -0.05) is 25.5 Å². The average Bonchev–Trinajstić information content (AvgIpc) is 3.06. The van der Waals surface area contributed by atoms with Gasteiger partial charge >= 0.3 is 6.09 Å². The smallest absolute Gasteiger partial charge is 0.409 e. The van der Waals surface area contributed by atoms with E-state index in [2.05, 4.69) is 23.3 Å². The monoisotopic (exact) mass is 344 g/mol. The number of nitrogens with one attached hydrogen (secondary N) is 2. The number of carbonyl (C=O) groups excluding carboxylic acids is 1.